The maximum atomic E-state index is 12.4. The SMILES string of the molecule is Cn1ccc(C(=O)N2CCC(c3csc4nccn34)CC2)n1. The summed E-state index contributed by atoms with van der Waals surface area (Å²) in [4.78, 5) is 19.7. The zero-order chi connectivity index (χ0) is 15.1. The molecular formula is C15H17N5OS. The number of carbonyl (C=O) groups excluding carboxylic acids is 1. The van der Waals surface area contributed by atoms with E-state index in [0.29, 0.717) is 11.6 Å². The number of amides is 1. The lowest BCUT2D eigenvalue weighted by Crippen LogP contribution is -2.38. The van der Waals surface area contributed by atoms with E-state index in [9.17, 15) is 4.79 Å². The van der Waals surface area contributed by atoms with Gasteiger partial charge < -0.3 is 4.90 Å². The number of nitrogens with zero attached hydrogens (tertiary/aromatic N) is 5. The van der Waals surface area contributed by atoms with E-state index in [2.05, 4.69) is 19.9 Å². The van der Waals surface area contributed by atoms with Gasteiger partial charge in [-0.25, -0.2) is 4.98 Å². The Morgan fingerprint density at radius 3 is 2.86 bits per heavy atom. The Balaban J connectivity index is 1.46. The number of carbonyl (C=O) groups is 1. The summed E-state index contributed by atoms with van der Waals surface area (Å²) in [5.74, 6) is 0.535. The minimum absolute atomic E-state index is 0.0390. The molecule has 0 N–H and O–H groups in total. The van der Waals surface area contributed by atoms with Gasteiger partial charge in [0.2, 0.25) is 0 Å². The summed E-state index contributed by atoms with van der Waals surface area (Å²) in [5, 5.41) is 6.40. The topological polar surface area (TPSA) is 55.4 Å². The van der Waals surface area contributed by atoms with Crippen LogP contribution in [0.3, 0.4) is 0 Å². The molecule has 0 unspecified atom stereocenters. The Bertz CT molecular complexity index is 809. The van der Waals surface area contributed by atoms with Crippen LogP contribution >= 0.6 is 11.3 Å². The van der Waals surface area contributed by atoms with Crippen LogP contribution in [0.25, 0.3) is 4.96 Å². The first kappa shape index (κ1) is 13.5. The molecule has 0 saturated carbocycles. The van der Waals surface area contributed by atoms with E-state index >= 15 is 0 Å². The van der Waals surface area contributed by atoms with Gasteiger partial charge in [0, 0.05) is 55.7 Å². The van der Waals surface area contributed by atoms with Crippen LogP contribution in [0.4, 0.5) is 0 Å². The van der Waals surface area contributed by atoms with Crippen LogP contribution in [-0.4, -0.2) is 43.1 Å². The molecule has 0 spiro atoms. The van der Waals surface area contributed by atoms with Gasteiger partial charge in [-0.2, -0.15) is 5.10 Å². The monoisotopic (exact) mass is 315 g/mol. The number of rotatable bonds is 2. The highest BCUT2D eigenvalue weighted by atomic mass is 32.1. The van der Waals surface area contributed by atoms with Gasteiger partial charge in [0.15, 0.2) is 4.96 Å². The van der Waals surface area contributed by atoms with E-state index < -0.39 is 0 Å². The van der Waals surface area contributed by atoms with E-state index in [4.69, 9.17) is 0 Å². The zero-order valence-electron chi connectivity index (χ0n) is 12.3. The highest BCUT2D eigenvalue weighted by Crippen LogP contribution is 2.31. The van der Waals surface area contributed by atoms with Gasteiger partial charge >= 0.3 is 0 Å². The maximum absolute atomic E-state index is 12.4. The van der Waals surface area contributed by atoms with Gasteiger partial charge in [0.1, 0.15) is 5.69 Å². The number of piperidine rings is 1. The molecule has 3 aromatic rings. The van der Waals surface area contributed by atoms with Crippen molar-refractivity contribution in [1.82, 2.24) is 24.1 Å². The van der Waals surface area contributed by atoms with Crippen LogP contribution in [0.1, 0.15) is 34.9 Å². The number of imidazole rings is 1. The van der Waals surface area contributed by atoms with E-state index in [-0.39, 0.29) is 5.91 Å². The number of fused-ring (bicyclic) bond motifs is 1. The van der Waals surface area contributed by atoms with Crippen molar-refractivity contribution < 1.29 is 4.79 Å². The van der Waals surface area contributed by atoms with Gasteiger partial charge in [-0.1, -0.05) is 0 Å². The van der Waals surface area contributed by atoms with Crippen molar-refractivity contribution in [2.45, 2.75) is 18.8 Å². The molecule has 0 atom stereocenters. The standard InChI is InChI=1S/C15H17N5OS/c1-18-6-4-12(17-18)14(21)19-7-2-11(3-8-19)13-10-22-15-16-5-9-20(13)15/h4-6,9-11H,2-3,7-8H2,1H3. The largest absolute Gasteiger partial charge is 0.337 e. The quantitative estimate of drug-likeness (QED) is 0.728. The van der Waals surface area contributed by atoms with Crippen molar-refractivity contribution in [3.63, 3.8) is 0 Å². The summed E-state index contributed by atoms with van der Waals surface area (Å²) in [6.07, 6.45) is 7.65. The molecular weight excluding hydrogens is 298 g/mol. The second kappa shape index (κ2) is 5.24. The molecule has 6 nitrogen and oxygen atoms in total. The van der Waals surface area contributed by atoms with Crippen molar-refractivity contribution in [2.75, 3.05) is 13.1 Å². The Labute approximate surface area is 132 Å². The normalized spacial score (nSPS) is 16.5. The predicted octanol–water partition coefficient (Wildman–Crippen LogP) is 2.15. The number of aromatic nitrogens is 4. The zero-order valence-corrected chi connectivity index (χ0v) is 13.2. The van der Waals surface area contributed by atoms with E-state index in [1.54, 1.807) is 28.3 Å². The molecule has 22 heavy (non-hydrogen) atoms. The summed E-state index contributed by atoms with van der Waals surface area (Å²) >= 11 is 1.68. The molecule has 4 heterocycles. The fraction of sp³-hybridized carbons (Fsp3) is 0.400. The first-order valence-corrected chi connectivity index (χ1v) is 8.30. The number of hydrogen-bond acceptors (Lipinski definition) is 4. The average Bonchev–Trinajstić information content (AvgIpc) is 3.23. The Hall–Kier alpha value is -2.15. The summed E-state index contributed by atoms with van der Waals surface area (Å²) in [6.45, 7) is 1.57. The lowest BCUT2D eigenvalue weighted by molar-refractivity contribution is 0.0705. The second-order valence-corrected chi connectivity index (χ2v) is 6.52. The van der Waals surface area contributed by atoms with Crippen molar-refractivity contribution >= 4 is 22.2 Å². The van der Waals surface area contributed by atoms with E-state index in [1.807, 2.05) is 24.3 Å². The molecule has 0 aliphatic carbocycles. The maximum Gasteiger partial charge on any atom is 0.274 e. The number of thiazole rings is 1. The molecule has 1 aliphatic rings. The smallest absolute Gasteiger partial charge is 0.274 e. The van der Waals surface area contributed by atoms with Crippen LogP contribution in [0.15, 0.2) is 30.0 Å². The van der Waals surface area contributed by atoms with Crippen molar-refractivity contribution in [2.24, 2.45) is 7.05 Å². The van der Waals surface area contributed by atoms with Gasteiger partial charge in [0.05, 0.1) is 0 Å². The summed E-state index contributed by atoms with van der Waals surface area (Å²) in [7, 11) is 1.83. The number of hydrogen-bond donors (Lipinski definition) is 0. The van der Waals surface area contributed by atoms with Gasteiger partial charge in [0.25, 0.3) is 5.91 Å². The minimum Gasteiger partial charge on any atom is -0.337 e. The second-order valence-electron chi connectivity index (χ2n) is 5.68. The molecule has 0 radical (unpaired) electrons. The fourth-order valence-electron chi connectivity index (χ4n) is 3.11. The molecule has 1 saturated heterocycles. The van der Waals surface area contributed by atoms with Crippen LogP contribution in [-0.2, 0) is 7.05 Å². The Morgan fingerprint density at radius 1 is 1.32 bits per heavy atom. The van der Waals surface area contributed by atoms with Crippen LogP contribution < -0.4 is 0 Å². The fourth-order valence-corrected chi connectivity index (χ4v) is 4.04. The summed E-state index contributed by atoms with van der Waals surface area (Å²) in [6, 6.07) is 1.78. The molecule has 114 valence electrons. The predicted molar refractivity (Wildman–Crippen MR) is 84.2 cm³/mol. The average molecular weight is 315 g/mol. The molecule has 0 bridgehead atoms. The number of likely N-dealkylation sites (tertiary alicyclic amines) is 1. The Morgan fingerprint density at radius 2 is 2.14 bits per heavy atom. The van der Waals surface area contributed by atoms with E-state index in [0.717, 1.165) is 30.9 Å². The lowest BCUT2D eigenvalue weighted by Gasteiger charge is -2.31. The summed E-state index contributed by atoms with van der Waals surface area (Å²) < 4.78 is 3.84. The highest BCUT2D eigenvalue weighted by Gasteiger charge is 2.27. The van der Waals surface area contributed by atoms with E-state index in [1.165, 1.54) is 5.69 Å². The number of aryl methyl sites for hydroxylation is 1. The van der Waals surface area contributed by atoms with Gasteiger partial charge in [-0.05, 0) is 18.9 Å². The minimum atomic E-state index is 0.0390. The first-order chi connectivity index (χ1) is 10.7. The molecule has 1 aliphatic heterocycles. The molecule has 3 aromatic heterocycles. The van der Waals surface area contributed by atoms with Crippen molar-refractivity contribution in [1.29, 1.82) is 0 Å². The van der Waals surface area contributed by atoms with Gasteiger partial charge in [-0.3, -0.25) is 13.9 Å². The molecule has 4 rings (SSSR count). The lowest BCUT2D eigenvalue weighted by atomic mass is 9.94. The highest BCUT2D eigenvalue weighted by molar-refractivity contribution is 7.15. The van der Waals surface area contributed by atoms with Crippen molar-refractivity contribution in [3.8, 4) is 0 Å². The summed E-state index contributed by atoms with van der Waals surface area (Å²) in [5.41, 5.74) is 1.86. The van der Waals surface area contributed by atoms with Crippen LogP contribution in [0.5, 0.6) is 0 Å². The van der Waals surface area contributed by atoms with Crippen molar-refractivity contribution in [3.05, 3.63) is 41.4 Å². The van der Waals surface area contributed by atoms with Crippen LogP contribution in [0.2, 0.25) is 0 Å². The molecule has 0 aromatic carbocycles. The third-order valence-electron chi connectivity index (χ3n) is 4.30. The third-order valence-corrected chi connectivity index (χ3v) is 5.18. The van der Waals surface area contributed by atoms with Gasteiger partial charge in [-0.15, -0.1) is 11.3 Å². The third kappa shape index (κ3) is 2.21. The first-order valence-electron chi connectivity index (χ1n) is 7.42. The molecule has 1 fully saturated rings. The molecule has 7 heteroatoms. The van der Waals surface area contributed by atoms with Crippen LogP contribution in [0, 0.1) is 0 Å². The molecule has 1 amide bonds. The Kier molecular flexibility index (Phi) is 3.22.